The minimum Gasteiger partial charge on any atom is -0.475 e. The first-order valence-corrected chi connectivity index (χ1v) is 5.98. The lowest BCUT2D eigenvalue weighted by molar-refractivity contribution is 0.0660. The van der Waals surface area contributed by atoms with E-state index in [9.17, 15) is 9.59 Å². The van der Waals surface area contributed by atoms with Gasteiger partial charge in [-0.05, 0) is 30.3 Å². The highest BCUT2D eigenvalue weighted by Gasteiger charge is 2.17. The summed E-state index contributed by atoms with van der Waals surface area (Å²) >= 11 is 9.05. The lowest BCUT2D eigenvalue weighted by Gasteiger charge is -2.00. The van der Waals surface area contributed by atoms with Crippen LogP contribution in [0.25, 0.3) is 0 Å². The molecular weight excluding hydrogens is 323 g/mol. The normalized spacial score (nSPS) is 10.3. The third-order valence-corrected chi connectivity index (χ3v) is 2.84. The van der Waals surface area contributed by atoms with Gasteiger partial charge in [-0.15, -0.1) is 0 Å². The van der Waals surface area contributed by atoms with Gasteiger partial charge in [-0.25, -0.2) is 4.79 Å². The highest BCUT2D eigenvalue weighted by Crippen LogP contribution is 2.22. The molecule has 1 aromatic heterocycles. The largest absolute Gasteiger partial charge is 0.475 e. The molecule has 0 aliphatic carbocycles. The minimum absolute atomic E-state index is 0.0402. The number of carbonyl (C=O) groups excluding carboxylic acids is 1. The summed E-state index contributed by atoms with van der Waals surface area (Å²) in [6.07, 6.45) is 0. The summed E-state index contributed by atoms with van der Waals surface area (Å²) in [4.78, 5) is 22.7. The number of hydrogen-bond acceptors (Lipinski definition) is 3. The Hall–Kier alpha value is -1.59. The molecule has 1 heterocycles. The maximum absolute atomic E-state index is 12.0. The van der Waals surface area contributed by atoms with E-state index in [0.717, 1.165) is 0 Å². The van der Waals surface area contributed by atoms with Crippen molar-refractivity contribution in [2.45, 2.75) is 0 Å². The second-order valence-electron chi connectivity index (χ2n) is 3.46. The molecule has 2 aromatic rings. The number of carbonyl (C=O) groups is 2. The predicted octanol–water partition coefficient (Wildman–Crippen LogP) is 3.62. The van der Waals surface area contributed by atoms with E-state index in [1.807, 2.05) is 0 Å². The van der Waals surface area contributed by atoms with Crippen LogP contribution in [-0.2, 0) is 0 Å². The van der Waals surface area contributed by atoms with Crippen LogP contribution in [0.1, 0.15) is 26.7 Å². The number of hydrogen-bond donors (Lipinski definition) is 1. The van der Waals surface area contributed by atoms with Gasteiger partial charge < -0.3 is 9.52 Å². The summed E-state index contributed by atoms with van der Waals surface area (Å²) < 4.78 is 5.59. The number of aromatic carboxylic acids is 1. The summed E-state index contributed by atoms with van der Waals surface area (Å²) in [5, 5.41) is 9.11. The Morgan fingerprint density at radius 3 is 2.39 bits per heavy atom. The molecule has 0 saturated carbocycles. The van der Waals surface area contributed by atoms with Crippen molar-refractivity contribution in [2.24, 2.45) is 0 Å². The van der Waals surface area contributed by atoms with Gasteiger partial charge in [0, 0.05) is 15.1 Å². The predicted molar refractivity (Wildman–Crippen MR) is 68.3 cm³/mol. The molecule has 92 valence electrons. The summed E-state index contributed by atoms with van der Waals surface area (Å²) in [6.45, 7) is 0. The third kappa shape index (κ3) is 2.63. The van der Waals surface area contributed by atoms with E-state index < -0.39 is 11.8 Å². The molecule has 18 heavy (non-hydrogen) atoms. The first-order chi connectivity index (χ1) is 8.47. The van der Waals surface area contributed by atoms with Crippen LogP contribution >= 0.6 is 27.5 Å². The van der Waals surface area contributed by atoms with Crippen LogP contribution in [-0.4, -0.2) is 16.9 Å². The first-order valence-electron chi connectivity index (χ1n) is 4.81. The Morgan fingerprint density at radius 2 is 1.83 bits per heavy atom. The van der Waals surface area contributed by atoms with Gasteiger partial charge >= 0.3 is 5.97 Å². The molecule has 0 amide bonds. The van der Waals surface area contributed by atoms with E-state index in [1.165, 1.54) is 18.2 Å². The van der Waals surface area contributed by atoms with Crippen molar-refractivity contribution in [3.63, 3.8) is 0 Å². The molecule has 0 bridgehead atoms. The van der Waals surface area contributed by atoms with Crippen molar-refractivity contribution in [1.29, 1.82) is 0 Å². The molecule has 0 spiro atoms. The van der Waals surface area contributed by atoms with E-state index in [0.29, 0.717) is 15.1 Å². The molecule has 2 rings (SSSR count). The van der Waals surface area contributed by atoms with E-state index >= 15 is 0 Å². The number of carboxylic acids is 1. The smallest absolute Gasteiger partial charge is 0.371 e. The lowest BCUT2D eigenvalue weighted by Crippen LogP contribution is -2.00. The number of ketones is 1. The van der Waals surface area contributed by atoms with Crippen LogP contribution in [0.15, 0.2) is 39.2 Å². The van der Waals surface area contributed by atoms with Crippen LogP contribution in [0, 0.1) is 0 Å². The summed E-state index contributed by atoms with van der Waals surface area (Å²) in [5.74, 6) is -1.96. The molecule has 1 aromatic carbocycles. The zero-order chi connectivity index (χ0) is 13.3. The molecule has 1 N–H and O–H groups in total. The second kappa shape index (κ2) is 4.96. The van der Waals surface area contributed by atoms with Gasteiger partial charge in [0.2, 0.25) is 11.5 Å². The number of rotatable bonds is 3. The van der Waals surface area contributed by atoms with Crippen molar-refractivity contribution in [1.82, 2.24) is 0 Å². The van der Waals surface area contributed by atoms with Crippen molar-refractivity contribution >= 4 is 39.3 Å². The zero-order valence-electron chi connectivity index (χ0n) is 8.81. The molecule has 0 fully saturated rings. The molecular formula is C12H6BrClO4. The maximum Gasteiger partial charge on any atom is 0.371 e. The van der Waals surface area contributed by atoms with E-state index in [2.05, 4.69) is 15.9 Å². The van der Waals surface area contributed by atoms with Gasteiger partial charge in [0.1, 0.15) is 0 Å². The molecule has 0 radical (unpaired) electrons. The molecule has 0 saturated heterocycles. The van der Waals surface area contributed by atoms with Gasteiger partial charge in [-0.2, -0.15) is 0 Å². The van der Waals surface area contributed by atoms with E-state index in [4.69, 9.17) is 21.1 Å². The van der Waals surface area contributed by atoms with Crippen LogP contribution in [0.5, 0.6) is 0 Å². The van der Waals surface area contributed by atoms with E-state index in [-0.39, 0.29) is 11.5 Å². The summed E-state index contributed by atoms with van der Waals surface area (Å²) in [6, 6.07) is 7.26. The Morgan fingerprint density at radius 1 is 1.17 bits per heavy atom. The lowest BCUT2D eigenvalue weighted by atomic mass is 10.1. The average Bonchev–Trinajstić information content (AvgIpc) is 2.75. The minimum atomic E-state index is -1.22. The standard InChI is InChI=1S/C12H6BrClO4/c13-7-3-6(4-8(14)5-7)11(15)9-1-2-10(18-9)12(16)17/h1-5H,(H,16,17). The van der Waals surface area contributed by atoms with Gasteiger partial charge in [-0.3, -0.25) is 4.79 Å². The van der Waals surface area contributed by atoms with Crippen LogP contribution in [0.3, 0.4) is 0 Å². The molecule has 4 nitrogen and oxygen atoms in total. The average molecular weight is 330 g/mol. The molecule has 6 heteroatoms. The Kier molecular flexibility index (Phi) is 3.54. The first kappa shape index (κ1) is 12.9. The van der Waals surface area contributed by atoms with Gasteiger partial charge in [0.25, 0.3) is 0 Å². The third-order valence-electron chi connectivity index (χ3n) is 2.17. The Labute approximate surface area is 115 Å². The van der Waals surface area contributed by atoms with Gasteiger partial charge in [-0.1, -0.05) is 27.5 Å². The monoisotopic (exact) mass is 328 g/mol. The zero-order valence-corrected chi connectivity index (χ0v) is 11.2. The van der Waals surface area contributed by atoms with Crippen molar-refractivity contribution in [3.8, 4) is 0 Å². The van der Waals surface area contributed by atoms with Gasteiger partial charge in [0.15, 0.2) is 5.76 Å². The fourth-order valence-corrected chi connectivity index (χ4v) is 2.26. The van der Waals surface area contributed by atoms with Gasteiger partial charge in [0.05, 0.1) is 0 Å². The topological polar surface area (TPSA) is 67.5 Å². The SMILES string of the molecule is O=C(O)c1ccc(C(=O)c2cc(Cl)cc(Br)c2)o1. The van der Waals surface area contributed by atoms with Crippen molar-refractivity contribution in [2.75, 3.05) is 0 Å². The summed E-state index contributed by atoms with van der Waals surface area (Å²) in [5.41, 5.74) is 0.320. The van der Waals surface area contributed by atoms with Crippen LogP contribution in [0.2, 0.25) is 5.02 Å². The van der Waals surface area contributed by atoms with Crippen LogP contribution in [0.4, 0.5) is 0 Å². The number of carboxylic acid groups (broad SMARTS) is 1. The Balaban J connectivity index is 2.38. The number of halogens is 2. The summed E-state index contributed by atoms with van der Waals surface area (Å²) in [7, 11) is 0. The number of benzene rings is 1. The molecule has 0 unspecified atom stereocenters. The van der Waals surface area contributed by atoms with Crippen LogP contribution < -0.4 is 0 Å². The molecule has 0 aliphatic rings. The molecule has 0 atom stereocenters. The number of furan rings is 1. The fourth-order valence-electron chi connectivity index (χ4n) is 1.40. The highest BCUT2D eigenvalue weighted by molar-refractivity contribution is 9.10. The highest BCUT2D eigenvalue weighted by atomic mass is 79.9. The van der Waals surface area contributed by atoms with Crippen molar-refractivity contribution in [3.05, 3.63) is 56.9 Å². The Bertz CT molecular complexity index is 613. The second-order valence-corrected chi connectivity index (χ2v) is 4.81. The molecule has 0 aliphatic heterocycles. The quantitative estimate of drug-likeness (QED) is 0.873. The fraction of sp³-hybridized carbons (Fsp3) is 0. The maximum atomic E-state index is 12.0. The van der Waals surface area contributed by atoms with E-state index in [1.54, 1.807) is 12.1 Å². The van der Waals surface area contributed by atoms with Crippen molar-refractivity contribution < 1.29 is 19.1 Å².